The zero-order chi connectivity index (χ0) is 43.7. The van der Waals surface area contributed by atoms with E-state index in [1.54, 1.807) is 0 Å². The van der Waals surface area contributed by atoms with Crippen molar-refractivity contribution in [2.45, 2.75) is 43.9 Å². The highest BCUT2D eigenvalue weighted by Crippen LogP contribution is 2.63. The molecular formula is C57H48N4Si2. The van der Waals surface area contributed by atoms with Gasteiger partial charge in [-0.25, -0.2) is 0 Å². The molecule has 0 heterocycles. The number of nitriles is 2. The molecule has 9 aromatic rings. The predicted molar refractivity (Wildman–Crippen MR) is 271 cm³/mol. The molecule has 63 heavy (non-hydrogen) atoms. The average molecular weight is 845 g/mol. The average Bonchev–Trinajstić information content (AvgIpc) is 3.64. The van der Waals surface area contributed by atoms with E-state index in [1.807, 2.05) is 48.5 Å². The fourth-order valence-electron chi connectivity index (χ4n) is 11.3. The van der Waals surface area contributed by atoms with Gasteiger partial charge in [0, 0.05) is 38.8 Å². The van der Waals surface area contributed by atoms with E-state index >= 15 is 0 Å². The summed E-state index contributed by atoms with van der Waals surface area (Å²) in [6.07, 6.45) is 0. The van der Waals surface area contributed by atoms with E-state index in [9.17, 15) is 10.5 Å². The number of fused-ring (bicyclic) bond motifs is 10. The summed E-state index contributed by atoms with van der Waals surface area (Å²) in [5, 5.41) is 27.4. The molecule has 0 radical (unpaired) electrons. The van der Waals surface area contributed by atoms with Gasteiger partial charge in [0.25, 0.3) is 0 Å². The van der Waals surface area contributed by atoms with Gasteiger partial charge >= 0.3 is 0 Å². The third-order valence-electron chi connectivity index (χ3n) is 13.3. The summed E-state index contributed by atoms with van der Waals surface area (Å²) < 4.78 is -0.157. The molecule has 0 saturated heterocycles. The lowest BCUT2D eigenvalue weighted by Gasteiger charge is -2.52. The number of rotatable bonds is 8. The number of nitrogens with zero attached hydrogens (tertiary/aromatic N) is 4. The van der Waals surface area contributed by atoms with Gasteiger partial charge in [0.1, 0.15) is 0 Å². The molecule has 0 saturated carbocycles. The van der Waals surface area contributed by atoms with E-state index in [2.05, 4.69) is 195 Å². The molecule has 0 spiro atoms. The van der Waals surface area contributed by atoms with Crippen LogP contribution in [0.3, 0.4) is 0 Å². The fraction of sp³-hybridized carbons (Fsp3) is 0.123. The number of hydrogen-bond acceptors (Lipinski definition) is 4. The highest BCUT2D eigenvalue weighted by Gasteiger charge is 2.60. The molecule has 0 fully saturated rings. The Balaban J connectivity index is 1.26. The molecule has 0 unspecified atom stereocenters. The van der Waals surface area contributed by atoms with Gasteiger partial charge in [-0.2, -0.15) is 10.5 Å². The van der Waals surface area contributed by atoms with Crippen molar-refractivity contribution in [2.75, 3.05) is 9.80 Å². The largest absolute Gasteiger partial charge is 0.310 e. The summed E-state index contributed by atoms with van der Waals surface area (Å²) in [6, 6.07) is 69.4. The van der Waals surface area contributed by atoms with Crippen LogP contribution in [0, 0.1) is 22.7 Å². The minimum Gasteiger partial charge on any atom is -0.310 e. The maximum Gasteiger partial charge on any atom is 0.0992 e. The van der Waals surface area contributed by atoms with Crippen LogP contribution in [0.1, 0.15) is 22.3 Å². The van der Waals surface area contributed by atoms with Crippen molar-refractivity contribution in [2.24, 2.45) is 0 Å². The quantitative estimate of drug-likeness (QED) is 0.113. The molecule has 0 bridgehead atoms. The zero-order valence-electron chi connectivity index (χ0n) is 36.6. The Bertz CT molecular complexity index is 3340. The minimum absolute atomic E-state index is 0.157. The van der Waals surface area contributed by atoms with E-state index in [0.717, 1.165) is 34.1 Å². The lowest BCUT2D eigenvalue weighted by Crippen LogP contribution is -2.63. The van der Waals surface area contributed by atoms with E-state index in [0.29, 0.717) is 11.1 Å². The molecule has 304 valence electrons. The van der Waals surface area contributed by atoms with Crippen molar-refractivity contribution < 1.29 is 0 Å². The van der Waals surface area contributed by atoms with Gasteiger partial charge in [0.2, 0.25) is 0 Å². The first-order valence-corrected chi connectivity index (χ1v) is 28.7. The van der Waals surface area contributed by atoms with Crippen molar-refractivity contribution in [1.82, 2.24) is 0 Å². The number of hydrogen-bond donors (Lipinski definition) is 0. The first kappa shape index (κ1) is 39.9. The number of para-hydroxylation sites is 2. The van der Waals surface area contributed by atoms with Gasteiger partial charge in [-0.05, 0) is 140 Å². The van der Waals surface area contributed by atoms with E-state index in [4.69, 9.17) is 0 Å². The molecule has 9 aromatic carbocycles. The van der Waals surface area contributed by atoms with Crippen LogP contribution >= 0.6 is 0 Å². The van der Waals surface area contributed by atoms with Crippen molar-refractivity contribution in [1.29, 1.82) is 10.5 Å². The van der Waals surface area contributed by atoms with Gasteiger partial charge < -0.3 is 9.80 Å². The maximum absolute atomic E-state index is 9.93. The SMILES string of the molecule is C[Si](C)(C)C1([Si](C)(C)C)c2c(ccc3cc(N(c4ccccc4)c4cccc(C#N)c4)ccc23)-c2c1c1ccc(N(c3ccccc3)c3cccc(C#N)c3)cc1c1ccccc21. The summed E-state index contributed by atoms with van der Waals surface area (Å²) in [5.74, 6) is 0. The molecule has 0 atom stereocenters. The summed E-state index contributed by atoms with van der Waals surface area (Å²) >= 11 is 0. The third kappa shape index (κ3) is 6.21. The van der Waals surface area contributed by atoms with E-state index in [-0.39, 0.29) is 4.66 Å². The van der Waals surface area contributed by atoms with Crippen molar-refractivity contribution in [3.05, 3.63) is 204 Å². The molecule has 6 heteroatoms. The van der Waals surface area contributed by atoms with Crippen molar-refractivity contribution in [3.63, 3.8) is 0 Å². The Labute approximate surface area is 372 Å². The van der Waals surface area contributed by atoms with Crippen molar-refractivity contribution in [3.8, 4) is 23.3 Å². The van der Waals surface area contributed by atoms with Gasteiger partial charge in [-0.3, -0.25) is 0 Å². The lowest BCUT2D eigenvalue weighted by atomic mass is 9.91. The first-order chi connectivity index (χ1) is 30.4. The molecule has 4 nitrogen and oxygen atoms in total. The standard InChI is InChI=1S/C57H48N4Si2/c1-62(2,3)57(63(4,5)6)55-48-31-28-46(60(42-19-9-7-10-20-42)44-23-15-17-39(33-44)37-58)35-41(48)27-30-52(55)54-50-26-14-13-25-49(50)53-36-47(29-32-51(53)56(54)57)61(43-21-11-8-12-22-43)45-24-16-18-40(34-45)38-59/h7-36H,1-6H3. The van der Waals surface area contributed by atoms with Gasteiger partial charge in [0.05, 0.1) is 39.4 Å². The summed E-state index contributed by atoms with van der Waals surface area (Å²) in [4.78, 5) is 4.54. The molecule has 10 rings (SSSR count). The van der Waals surface area contributed by atoms with Gasteiger partial charge in [0.15, 0.2) is 0 Å². The second kappa shape index (κ2) is 15.0. The molecule has 1 aliphatic rings. The fourth-order valence-corrected chi connectivity index (χ4v) is 24.3. The Hall–Kier alpha value is -7.23. The Morgan fingerprint density at radius 2 is 0.857 bits per heavy atom. The first-order valence-electron chi connectivity index (χ1n) is 21.7. The lowest BCUT2D eigenvalue weighted by molar-refractivity contribution is 0.973. The predicted octanol–water partition coefficient (Wildman–Crippen LogP) is 15.9. The Morgan fingerprint density at radius 3 is 1.40 bits per heavy atom. The topological polar surface area (TPSA) is 54.1 Å². The van der Waals surface area contributed by atoms with Crippen LogP contribution in [0.4, 0.5) is 34.1 Å². The minimum atomic E-state index is -2.16. The monoisotopic (exact) mass is 844 g/mol. The summed E-state index contributed by atoms with van der Waals surface area (Å²) in [5.41, 5.74) is 13.1. The summed E-state index contributed by atoms with van der Waals surface area (Å²) in [7, 11) is -4.31. The van der Waals surface area contributed by atoms with Gasteiger partial charge in [-0.15, -0.1) is 0 Å². The Kier molecular flexibility index (Phi) is 9.49. The highest BCUT2D eigenvalue weighted by molar-refractivity contribution is 7.00. The molecule has 0 amide bonds. The smallest absolute Gasteiger partial charge is 0.0992 e. The van der Waals surface area contributed by atoms with Crippen LogP contribution in [0.25, 0.3) is 43.4 Å². The van der Waals surface area contributed by atoms with Crippen LogP contribution in [-0.4, -0.2) is 16.1 Å². The number of anilines is 6. The molecule has 1 aliphatic carbocycles. The highest BCUT2D eigenvalue weighted by atomic mass is 28.4. The van der Waals surface area contributed by atoms with Crippen LogP contribution in [0.2, 0.25) is 39.3 Å². The normalized spacial score (nSPS) is 13.0. The molecule has 0 aromatic heterocycles. The maximum atomic E-state index is 9.93. The zero-order valence-corrected chi connectivity index (χ0v) is 38.6. The van der Waals surface area contributed by atoms with Crippen LogP contribution in [0.15, 0.2) is 182 Å². The third-order valence-corrected chi connectivity index (χ3v) is 23.3. The summed E-state index contributed by atoms with van der Waals surface area (Å²) in [6.45, 7) is 15.6. The molecular weight excluding hydrogens is 797 g/mol. The van der Waals surface area contributed by atoms with Crippen molar-refractivity contribution >= 4 is 82.6 Å². The van der Waals surface area contributed by atoms with Crippen LogP contribution in [0.5, 0.6) is 0 Å². The molecule has 0 aliphatic heterocycles. The second-order valence-corrected chi connectivity index (χ2v) is 29.8. The van der Waals surface area contributed by atoms with Crippen LogP contribution in [-0.2, 0) is 4.66 Å². The van der Waals surface area contributed by atoms with Crippen LogP contribution < -0.4 is 9.80 Å². The molecule has 0 N–H and O–H groups in total. The van der Waals surface area contributed by atoms with E-state index in [1.165, 1.54) is 54.6 Å². The van der Waals surface area contributed by atoms with E-state index < -0.39 is 16.1 Å². The second-order valence-electron chi connectivity index (χ2n) is 18.8. The van der Waals surface area contributed by atoms with Gasteiger partial charge in [-0.1, -0.05) is 136 Å². The number of benzene rings is 9. The Morgan fingerprint density at radius 1 is 0.381 bits per heavy atom.